The quantitative estimate of drug-likeness (QED) is 0.776. The second kappa shape index (κ2) is 7.67. The standard InChI is InChI=1S/C14H17ClN2O2S/c1-10(11-5-3-4-6-12(11)15)20-9-14-16-13(17-19-14)7-8-18-2/h3-6,10H,7-9H2,1-2H3. The van der Waals surface area contributed by atoms with E-state index in [-0.39, 0.29) is 5.25 Å². The summed E-state index contributed by atoms with van der Waals surface area (Å²) in [6.07, 6.45) is 0.671. The summed E-state index contributed by atoms with van der Waals surface area (Å²) in [6, 6.07) is 7.87. The van der Waals surface area contributed by atoms with Crippen molar-refractivity contribution < 1.29 is 9.26 Å². The molecule has 0 aliphatic rings. The number of hydrogen-bond donors (Lipinski definition) is 0. The molecule has 0 radical (unpaired) electrons. The van der Waals surface area contributed by atoms with Gasteiger partial charge in [-0.3, -0.25) is 0 Å². The molecule has 2 aromatic rings. The number of nitrogens with zero attached hydrogens (tertiary/aromatic N) is 2. The van der Waals surface area contributed by atoms with Gasteiger partial charge in [-0.2, -0.15) is 4.98 Å². The van der Waals surface area contributed by atoms with Crippen LogP contribution in [0, 0.1) is 0 Å². The zero-order valence-electron chi connectivity index (χ0n) is 11.5. The largest absolute Gasteiger partial charge is 0.384 e. The van der Waals surface area contributed by atoms with Crippen LogP contribution in [0.3, 0.4) is 0 Å². The van der Waals surface area contributed by atoms with Crippen LogP contribution < -0.4 is 0 Å². The highest BCUT2D eigenvalue weighted by Crippen LogP contribution is 2.34. The third kappa shape index (κ3) is 4.23. The summed E-state index contributed by atoms with van der Waals surface area (Å²) in [6.45, 7) is 2.72. The minimum Gasteiger partial charge on any atom is -0.384 e. The molecule has 0 aliphatic carbocycles. The Labute approximate surface area is 127 Å². The molecule has 0 aliphatic heterocycles. The number of ether oxygens (including phenoxy) is 1. The Morgan fingerprint density at radius 2 is 2.20 bits per heavy atom. The van der Waals surface area contributed by atoms with E-state index in [0.717, 1.165) is 10.6 Å². The molecule has 6 heteroatoms. The maximum atomic E-state index is 6.18. The molecule has 1 aromatic carbocycles. The molecular formula is C14H17ClN2O2S. The first-order chi connectivity index (χ1) is 9.70. The van der Waals surface area contributed by atoms with E-state index in [2.05, 4.69) is 17.1 Å². The van der Waals surface area contributed by atoms with E-state index in [4.69, 9.17) is 20.9 Å². The van der Waals surface area contributed by atoms with Gasteiger partial charge in [0.1, 0.15) is 0 Å². The number of hydrogen-bond acceptors (Lipinski definition) is 5. The van der Waals surface area contributed by atoms with Gasteiger partial charge in [-0.05, 0) is 18.6 Å². The Morgan fingerprint density at radius 3 is 2.95 bits per heavy atom. The van der Waals surface area contributed by atoms with E-state index in [1.54, 1.807) is 18.9 Å². The van der Waals surface area contributed by atoms with Gasteiger partial charge in [0.05, 0.1) is 12.4 Å². The first-order valence-electron chi connectivity index (χ1n) is 6.37. The van der Waals surface area contributed by atoms with Crippen molar-refractivity contribution in [3.8, 4) is 0 Å². The summed E-state index contributed by atoms with van der Waals surface area (Å²) < 4.78 is 10.2. The highest BCUT2D eigenvalue weighted by atomic mass is 35.5. The summed E-state index contributed by atoms with van der Waals surface area (Å²) >= 11 is 7.91. The van der Waals surface area contributed by atoms with Crippen molar-refractivity contribution in [2.24, 2.45) is 0 Å². The maximum absolute atomic E-state index is 6.18. The van der Waals surface area contributed by atoms with E-state index >= 15 is 0 Å². The van der Waals surface area contributed by atoms with Gasteiger partial charge < -0.3 is 9.26 Å². The molecule has 1 unspecified atom stereocenters. The second-order valence-corrected chi connectivity index (χ2v) is 6.06. The topological polar surface area (TPSA) is 48.2 Å². The molecule has 1 heterocycles. The van der Waals surface area contributed by atoms with Gasteiger partial charge in [-0.25, -0.2) is 0 Å². The first-order valence-corrected chi connectivity index (χ1v) is 7.80. The van der Waals surface area contributed by atoms with Gasteiger partial charge >= 0.3 is 0 Å². The fraction of sp³-hybridized carbons (Fsp3) is 0.429. The molecule has 4 nitrogen and oxygen atoms in total. The molecule has 0 amide bonds. The van der Waals surface area contributed by atoms with Crippen molar-refractivity contribution in [3.63, 3.8) is 0 Å². The van der Waals surface area contributed by atoms with Crippen molar-refractivity contribution in [2.75, 3.05) is 13.7 Å². The van der Waals surface area contributed by atoms with Crippen LogP contribution in [0.4, 0.5) is 0 Å². The highest BCUT2D eigenvalue weighted by molar-refractivity contribution is 7.98. The van der Waals surface area contributed by atoms with Gasteiger partial charge in [0, 0.05) is 23.8 Å². The smallest absolute Gasteiger partial charge is 0.236 e. The lowest BCUT2D eigenvalue weighted by Crippen LogP contribution is -1.96. The number of benzene rings is 1. The van der Waals surface area contributed by atoms with Gasteiger partial charge in [0.15, 0.2) is 5.82 Å². The van der Waals surface area contributed by atoms with Crippen LogP contribution in [-0.2, 0) is 16.9 Å². The Hall–Kier alpha value is -1.04. The van der Waals surface area contributed by atoms with Crippen molar-refractivity contribution in [1.29, 1.82) is 0 Å². The van der Waals surface area contributed by atoms with Crippen LogP contribution in [0.15, 0.2) is 28.8 Å². The summed E-state index contributed by atoms with van der Waals surface area (Å²) in [5.41, 5.74) is 1.12. The van der Waals surface area contributed by atoms with Crippen molar-refractivity contribution in [3.05, 3.63) is 46.6 Å². The fourth-order valence-corrected chi connectivity index (χ4v) is 2.99. The second-order valence-electron chi connectivity index (χ2n) is 4.32. The van der Waals surface area contributed by atoms with Crippen LogP contribution in [0.5, 0.6) is 0 Å². The summed E-state index contributed by atoms with van der Waals surface area (Å²) in [5.74, 6) is 2.00. The van der Waals surface area contributed by atoms with Crippen LogP contribution in [0.25, 0.3) is 0 Å². The van der Waals surface area contributed by atoms with Crippen LogP contribution in [-0.4, -0.2) is 23.9 Å². The monoisotopic (exact) mass is 312 g/mol. The summed E-state index contributed by atoms with van der Waals surface area (Å²) in [4.78, 5) is 4.32. The average Bonchev–Trinajstić information content (AvgIpc) is 2.91. The molecule has 20 heavy (non-hydrogen) atoms. The van der Waals surface area contributed by atoms with Crippen LogP contribution in [0.1, 0.15) is 29.5 Å². The van der Waals surface area contributed by atoms with Crippen molar-refractivity contribution in [1.82, 2.24) is 10.1 Å². The fourth-order valence-electron chi connectivity index (χ4n) is 1.73. The minimum atomic E-state index is 0.276. The van der Waals surface area contributed by atoms with Gasteiger partial charge in [-0.1, -0.05) is 35.0 Å². The molecule has 1 aromatic heterocycles. The van der Waals surface area contributed by atoms with E-state index in [1.165, 1.54) is 0 Å². The minimum absolute atomic E-state index is 0.276. The van der Waals surface area contributed by atoms with E-state index in [9.17, 15) is 0 Å². The Kier molecular flexibility index (Phi) is 5.88. The van der Waals surface area contributed by atoms with Crippen molar-refractivity contribution in [2.45, 2.75) is 24.3 Å². The summed E-state index contributed by atoms with van der Waals surface area (Å²) in [5, 5.41) is 4.98. The predicted molar refractivity (Wildman–Crippen MR) is 81.0 cm³/mol. The number of thioether (sulfide) groups is 1. The molecule has 2 rings (SSSR count). The zero-order chi connectivity index (χ0) is 14.4. The van der Waals surface area contributed by atoms with Gasteiger partial charge in [0.2, 0.25) is 5.89 Å². The molecule has 0 bridgehead atoms. The third-order valence-electron chi connectivity index (χ3n) is 2.84. The van der Waals surface area contributed by atoms with E-state index in [0.29, 0.717) is 30.5 Å². The first kappa shape index (κ1) is 15.4. The Balaban J connectivity index is 1.88. The lowest BCUT2D eigenvalue weighted by molar-refractivity contribution is 0.199. The number of methoxy groups -OCH3 is 1. The number of halogens is 1. The van der Waals surface area contributed by atoms with Crippen LogP contribution >= 0.6 is 23.4 Å². The molecule has 0 saturated carbocycles. The van der Waals surface area contributed by atoms with Crippen LogP contribution in [0.2, 0.25) is 5.02 Å². The average molecular weight is 313 g/mol. The molecular weight excluding hydrogens is 296 g/mol. The van der Waals surface area contributed by atoms with Gasteiger partial charge in [0.25, 0.3) is 0 Å². The maximum Gasteiger partial charge on any atom is 0.236 e. The highest BCUT2D eigenvalue weighted by Gasteiger charge is 2.12. The molecule has 1 atom stereocenters. The lowest BCUT2D eigenvalue weighted by atomic mass is 10.2. The number of aromatic nitrogens is 2. The molecule has 0 spiro atoms. The third-order valence-corrected chi connectivity index (χ3v) is 4.35. The SMILES string of the molecule is COCCc1noc(CSC(C)c2ccccc2Cl)n1. The lowest BCUT2D eigenvalue weighted by Gasteiger charge is -2.11. The molecule has 108 valence electrons. The molecule has 0 fully saturated rings. The predicted octanol–water partition coefficient (Wildman–Crippen LogP) is 3.91. The summed E-state index contributed by atoms with van der Waals surface area (Å²) in [7, 11) is 1.65. The van der Waals surface area contributed by atoms with E-state index < -0.39 is 0 Å². The van der Waals surface area contributed by atoms with Crippen molar-refractivity contribution >= 4 is 23.4 Å². The molecule has 0 saturated heterocycles. The van der Waals surface area contributed by atoms with E-state index in [1.807, 2.05) is 24.3 Å². The molecule has 0 N–H and O–H groups in total. The number of rotatable bonds is 7. The Morgan fingerprint density at radius 1 is 1.40 bits per heavy atom. The Bertz CT molecular complexity index is 547. The zero-order valence-corrected chi connectivity index (χ0v) is 13.1. The normalized spacial score (nSPS) is 12.6. The van der Waals surface area contributed by atoms with Gasteiger partial charge in [-0.15, -0.1) is 11.8 Å².